The zero-order valence-electron chi connectivity index (χ0n) is 10.0. The molecule has 2 aromatic rings. The lowest BCUT2D eigenvalue weighted by Gasteiger charge is -2.07. The molecule has 0 atom stereocenters. The molecule has 0 radical (unpaired) electrons. The van der Waals surface area contributed by atoms with Crippen LogP contribution in [-0.2, 0) is 6.54 Å². The molecule has 0 spiro atoms. The average Bonchev–Trinajstić information content (AvgIpc) is 2.39. The number of benzene rings is 1. The van der Waals surface area contributed by atoms with Gasteiger partial charge in [-0.3, -0.25) is 4.79 Å². The quantitative estimate of drug-likeness (QED) is 0.857. The van der Waals surface area contributed by atoms with Crippen molar-refractivity contribution in [2.75, 3.05) is 5.75 Å². The van der Waals surface area contributed by atoms with Gasteiger partial charge in [0.15, 0.2) is 5.75 Å². The maximum atomic E-state index is 12.1. The molecule has 0 bridgehead atoms. The molecule has 0 aliphatic carbocycles. The SMILES string of the molecule is CCSc1c(O)cnn(Cc2ccccc2)c1=O. The highest BCUT2D eigenvalue weighted by Gasteiger charge is 2.10. The highest BCUT2D eigenvalue weighted by Crippen LogP contribution is 2.22. The van der Waals surface area contributed by atoms with Crippen LogP contribution in [0.15, 0.2) is 46.2 Å². The van der Waals surface area contributed by atoms with Crippen molar-refractivity contribution in [2.24, 2.45) is 0 Å². The molecule has 4 nitrogen and oxygen atoms in total. The lowest BCUT2D eigenvalue weighted by atomic mass is 10.2. The summed E-state index contributed by atoms with van der Waals surface area (Å²) in [7, 11) is 0. The minimum absolute atomic E-state index is 0.0452. The minimum atomic E-state index is -0.245. The second-order valence-electron chi connectivity index (χ2n) is 3.74. The van der Waals surface area contributed by atoms with E-state index in [9.17, 15) is 9.90 Å². The van der Waals surface area contributed by atoms with Gasteiger partial charge in [0.05, 0.1) is 12.7 Å². The van der Waals surface area contributed by atoms with Gasteiger partial charge in [0, 0.05) is 0 Å². The van der Waals surface area contributed by atoms with E-state index in [1.807, 2.05) is 37.3 Å². The Morgan fingerprint density at radius 1 is 1.33 bits per heavy atom. The third-order valence-corrected chi connectivity index (χ3v) is 3.41. The largest absolute Gasteiger partial charge is 0.505 e. The molecule has 1 N–H and O–H groups in total. The molecule has 1 aromatic heterocycles. The van der Waals surface area contributed by atoms with Crippen LogP contribution < -0.4 is 5.56 Å². The number of nitrogens with zero attached hydrogens (tertiary/aromatic N) is 2. The summed E-state index contributed by atoms with van der Waals surface area (Å²) in [5.74, 6) is 0.689. The standard InChI is InChI=1S/C13H14N2O2S/c1-2-18-12-11(16)8-14-15(13(12)17)9-10-6-4-3-5-7-10/h3-8,16H,2,9H2,1H3. The molecule has 5 heteroatoms. The van der Waals surface area contributed by atoms with E-state index >= 15 is 0 Å². The second-order valence-corrected chi connectivity index (χ2v) is 5.01. The van der Waals surface area contributed by atoms with E-state index in [2.05, 4.69) is 5.10 Å². The van der Waals surface area contributed by atoms with Crippen LogP contribution in [0.5, 0.6) is 5.75 Å². The molecule has 0 aliphatic rings. The van der Waals surface area contributed by atoms with Gasteiger partial charge < -0.3 is 5.11 Å². The zero-order valence-corrected chi connectivity index (χ0v) is 10.9. The number of rotatable bonds is 4. The molecule has 0 fully saturated rings. The Hall–Kier alpha value is -1.75. The summed E-state index contributed by atoms with van der Waals surface area (Å²) in [5.41, 5.74) is 0.760. The predicted molar refractivity (Wildman–Crippen MR) is 72.1 cm³/mol. The Morgan fingerprint density at radius 2 is 2.06 bits per heavy atom. The molecule has 0 saturated carbocycles. The molecule has 2 rings (SSSR count). The van der Waals surface area contributed by atoms with Crippen molar-refractivity contribution < 1.29 is 5.11 Å². The van der Waals surface area contributed by atoms with Crippen LogP contribution in [-0.4, -0.2) is 20.6 Å². The highest BCUT2D eigenvalue weighted by molar-refractivity contribution is 7.99. The normalized spacial score (nSPS) is 10.5. The monoisotopic (exact) mass is 262 g/mol. The van der Waals surface area contributed by atoms with Crippen LogP contribution in [0.4, 0.5) is 0 Å². The van der Waals surface area contributed by atoms with Gasteiger partial charge in [-0.05, 0) is 11.3 Å². The van der Waals surface area contributed by atoms with Crippen molar-refractivity contribution in [2.45, 2.75) is 18.4 Å². The number of thioether (sulfide) groups is 1. The summed E-state index contributed by atoms with van der Waals surface area (Å²) < 4.78 is 1.37. The Morgan fingerprint density at radius 3 is 2.72 bits per heavy atom. The summed E-state index contributed by atoms with van der Waals surface area (Å²) >= 11 is 1.33. The van der Waals surface area contributed by atoms with Gasteiger partial charge in [-0.1, -0.05) is 37.3 Å². The fraction of sp³-hybridized carbons (Fsp3) is 0.231. The highest BCUT2D eigenvalue weighted by atomic mass is 32.2. The molecule has 0 saturated heterocycles. The van der Waals surface area contributed by atoms with Crippen molar-refractivity contribution >= 4 is 11.8 Å². The number of hydrogen-bond acceptors (Lipinski definition) is 4. The second kappa shape index (κ2) is 5.73. The first-order chi connectivity index (χ1) is 8.72. The zero-order chi connectivity index (χ0) is 13.0. The summed E-state index contributed by atoms with van der Waals surface area (Å²) in [5, 5.41) is 13.6. The van der Waals surface area contributed by atoms with Gasteiger partial charge >= 0.3 is 0 Å². The molecular formula is C13H14N2O2S. The van der Waals surface area contributed by atoms with Crippen LogP contribution in [0.3, 0.4) is 0 Å². The van der Waals surface area contributed by atoms with Crippen LogP contribution in [0.2, 0.25) is 0 Å². The van der Waals surface area contributed by atoms with Crippen molar-refractivity contribution in [3.05, 3.63) is 52.4 Å². The van der Waals surface area contributed by atoms with E-state index in [1.165, 1.54) is 22.6 Å². The Labute approximate surface area is 109 Å². The molecule has 18 heavy (non-hydrogen) atoms. The molecule has 94 valence electrons. The Kier molecular flexibility index (Phi) is 4.04. The van der Waals surface area contributed by atoms with Crippen LogP contribution in [0, 0.1) is 0 Å². The van der Waals surface area contributed by atoms with Gasteiger partial charge in [-0.15, -0.1) is 11.8 Å². The van der Waals surface area contributed by atoms with E-state index in [0.29, 0.717) is 11.4 Å². The van der Waals surface area contributed by atoms with E-state index in [1.54, 1.807) is 0 Å². The van der Waals surface area contributed by atoms with E-state index < -0.39 is 0 Å². The minimum Gasteiger partial charge on any atom is -0.505 e. The summed E-state index contributed by atoms with van der Waals surface area (Å²) in [6, 6.07) is 9.64. The van der Waals surface area contributed by atoms with E-state index in [0.717, 1.165) is 11.3 Å². The van der Waals surface area contributed by atoms with E-state index in [-0.39, 0.29) is 11.3 Å². The van der Waals surface area contributed by atoms with Crippen molar-refractivity contribution in [1.29, 1.82) is 0 Å². The average molecular weight is 262 g/mol. The van der Waals surface area contributed by atoms with Crippen LogP contribution in [0.1, 0.15) is 12.5 Å². The molecule has 0 aliphatic heterocycles. The third kappa shape index (κ3) is 2.73. The van der Waals surface area contributed by atoms with Gasteiger partial charge in [0.1, 0.15) is 4.90 Å². The first kappa shape index (κ1) is 12.7. The number of aromatic hydroxyl groups is 1. The number of aromatic nitrogens is 2. The predicted octanol–water partition coefficient (Wildman–Crippen LogP) is 2.11. The lowest BCUT2D eigenvalue weighted by Crippen LogP contribution is -2.24. The van der Waals surface area contributed by atoms with Crippen LogP contribution in [0.25, 0.3) is 0 Å². The van der Waals surface area contributed by atoms with Crippen molar-refractivity contribution in [3.8, 4) is 5.75 Å². The van der Waals surface area contributed by atoms with Gasteiger partial charge in [0.25, 0.3) is 5.56 Å². The van der Waals surface area contributed by atoms with Gasteiger partial charge in [-0.25, -0.2) is 4.68 Å². The van der Waals surface area contributed by atoms with E-state index in [4.69, 9.17) is 0 Å². The maximum absolute atomic E-state index is 12.1. The summed E-state index contributed by atoms with van der Waals surface area (Å²) in [4.78, 5) is 12.5. The fourth-order valence-electron chi connectivity index (χ4n) is 1.61. The van der Waals surface area contributed by atoms with Gasteiger partial charge in [0.2, 0.25) is 0 Å². The smallest absolute Gasteiger partial charge is 0.284 e. The maximum Gasteiger partial charge on any atom is 0.284 e. The van der Waals surface area contributed by atoms with Gasteiger partial charge in [-0.2, -0.15) is 5.10 Å². The molecular weight excluding hydrogens is 248 g/mol. The fourth-order valence-corrected chi connectivity index (χ4v) is 2.33. The Bertz CT molecular complexity index is 581. The van der Waals surface area contributed by atoms with Crippen molar-refractivity contribution in [1.82, 2.24) is 9.78 Å². The molecule has 0 unspecified atom stereocenters. The van der Waals surface area contributed by atoms with Crippen molar-refractivity contribution in [3.63, 3.8) is 0 Å². The topological polar surface area (TPSA) is 55.1 Å². The first-order valence-corrected chi connectivity index (χ1v) is 6.66. The Balaban J connectivity index is 2.35. The summed E-state index contributed by atoms with van der Waals surface area (Å²) in [6.07, 6.45) is 1.32. The molecule has 0 amide bonds. The number of hydrogen-bond donors (Lipinski definition) is 1. The lowest BCUT2D eigenvalue weighted by molar-refractivity contribution is 0.445. The first-order valence-electron chi connectivity index (χ1n) is 5.68. The third-order valence-electron chi connectivity index (χ3n) is 2.44. The molecule has 1 heterocycles. The summed E-state index contributed by atoms with van der Waals surface area (Å²) in [6.45, 7) is 2.35. The van der Waals surface area contributed by atoms with Crippen LogP contribution >= 0.6 is 11.8 Å². The molecule has 1 aromatic carbocycles.